The summed E-state index contributed by atoms with van der Waals surface area (Å²) in [4.78, 5) is 25.4. The van der Waals surface area contributed by atoms with Crippen molar-refractivity contribution in [2.45, 2.75) is 18.1 Å². The maximum Gasteiger partial charge on any atom is 0.425 e. The van der Waals surface area contributed by atoms with Gasteiger partial charge in [-0.25, -0.2) is 9.18 Å². The lowest BCUT2D eigenvalue weighted by molar-refractivity contribution is -0.198. The van der Waals surface area contributed by atoms with Gasteiger partial charge in [0, 0.05) is 6.54 Å². The fourth-order valence-electron chi connectivity index (χ4n) is 3.06. The molecule has 1 heterocycles. The summed E-state index contributed by atoms with van der Waals surface area (Å²) < 4.78 is 59.8. The van der Waals surface area contributed by atoms with E-state index in [2.05, 4.69) is 0 Å². The highest BCUT2D eigenvalue weighted by Crippen LogP contribution is 2.43. The van der Waals surface area contributed by atoms with Gasteiger partial charge < -0.3 is 10.1 Å². The number of rotatable bonds is 5. The van der Waals surface area contributed by atoms with Gasteiger partial charge in [-0.1, -0.05) is 24.3 Å². The third kappa shape index (κ3) is 3.28. The molecule has 0 aromatic heterocycles. The Morgan fingerprint density at radius 3 is 2.18 bits per heavy atom. The summed E-state index contributed by atoms with van der Waals surface area (Å²) in [6.07, 6.45) is -4.94. The number of hydrogen-bond donors (Lipinski definition) is 1. The van der Waals surface area contributed by atoms with E-state index in [-0.39, 0.29) is 13.0 Å². The summed E-state index contributed by atoms with van der Waals surface area (Å²) in [5.41, 5.74) is -3.07. The maximum atomic E-state index is 13.9. The SMILES string of the molecule is COc1ccc(CCN2C(=O)NC(c3ccc(F)cc3)(C(F)(F)F)C2=O)cc1. The predicted molar refractivity (Wildman–Crippen MR) is 91.1 cm³/mol. The first-order chi connectivity index (χ1) is 13.2. The molecule has 0 radical (unpaired) electrons. The van der Waals surface area contributed by atoms with E-state index in [9.17, 15) is 27.2 Å². The number of carbonyl (C=O) groups is 2. The second-order valence-corrected chi connectivity index (χ2v) is 6.24. The minimum Gasteiger partial charge on any atom is -0.497 e. The summed E-state index contributed by atoms with van der Waals surface area (Å²) in [6, 6.07) is 8.86. The first-order valence-electron chi connectivity index (χ1n) is 8.29. The molecule has 3 rings (SSSR count). The van der Waals surface area contributed by atoms with Gasteiger partial charge in [0.15, 0.2) is 0 Å². The van der Waals surface area contributed by atoms with Crippen LogP contribution in [0, 0.1) is 5.82 Å². The molecule has 1 atom stereocenters. The fourth-order valence-corrected chi connectivity index (χ4v) is 3.06. The van der Waals surface area contributed by atoms with Crippen molar-refractivity contribution < 1.29 is 31.9 Å². The number of alkyl halides is 3. The number of imide groups is 1. The van der Waals surface area contributed by atoms with Gasteiger partial charge in [-0.05, 0) is 41.8 Å². The predicted octanol–water partition coefficient (Wildman–Crippen LogP) is 3.39. The Hall–Kier alpha value is -3.10. The highest BCUT2D eigenvalue weighted by molar-refractivity contribution is 6.08. The van der Waals surface area contributed by atoms with Crippen LogP contribution in [-0.2, 0) is 16.8 Å². The Morgan fingerprint density at radius 2 is 1.64 bits per heavy atom. The lowest BCUT2D eigenvalue weighted by Gasteiger charge is -2.29. The number of nitrogens with one attached hydrogen (secondary N) is 1. The van der Waals surface area contributed by atoms with Crippen LogP contribution in [0.4, 0.5) is 22.4 Å². The summed E-state index contributed by atoms with van der Waals surface area (Å²) in [5, 5.41) is 1.77. The Kier molecular flexibility index (Phi) is 5.01. The van der Waals surface area contributed by atoms with Crippen LogP contribution in [0.15, 0.2) is 48.5 Å². The molecule has 28 heavy (non-hydrogen) atoms. The average Bonchev–Trinajstić information content (AvgIpc) is 2.92. The van der Waals surface area contributed by atoms with Gasteiger partial charge in [-0.3, -0.25) is 9.69 Å². The molecule has 148 valence electrons. The minimum absolute atomic E-state index is 0.167. The van der Waals surface area contributed by atoms with Crippen LogP contribution < -0.4 is 10.1 Å². The van der Waals surface area contributed by atoms with Crippen molar-refractivity contribution in [2.24, 2.45) is 0 Å². The van der Waals surface area contributed by atoms with Crippen LogP contribution in [0.2, 0.25) is 0 Å². The van der Waals surface area contributed by atoms with E-state index in [1.165, 1.54) is 7.11 Å². The molecule has 1 fully saturated rings. The number of methoxy groups -OCH3 is 1. The molecule has 1 N–H and O–H groups in total. The molecule has 5 nitrogen and oxygen atoms in total. The van der Waals surface area contributed by atoms with Crippen molar-refractivity contribution >= 4 is 11.9 Å². The van der Waals surface area contributed by atoms with Crippen molar-refractivity contribution in [2.75, 3.05) is 13.7 Å². The van der Waals surface area contributed by atoms with Gasteiger partial charge in [0.2, 0.25) is 5.54 Å². The second-order valence-electron chi connectivity index (χ2n) is 6.24. The molecule has 0 aliphatic carbocycles. The maximum absolute atomic E-state index is 13.9. The molecule has 3 amide bonds. The number of ether oxygens (including phenoxy) is 1. The first kappa shape index (κ1) is 19.7. The van der Waals surface area contributed by atoms with Gasteiger partial charge in [0.25, 0.3) is 5.91 Å². The highest BCUT2D eigenvalue weighted by atomic mass is 19.4. The van der Waals surface area contributed by atoms with Gasteiger partial charge in [-0.2, -0.15) is 13.2 Å². The summed E-state index contributed by atoms with van der Waals surface area (Å²) >= 11 is 0. The smallest absolute Gasteiger partial charge is 0.425 e. The molecule has 0 spiro atoms. The molecule has 2 aromatic rings. The van der Waals surface area contributed by atoms with Crippen molar-refractivity contribution in [3.63, 3.8) is 0 Å². The number of hydrogen-bond acceptors (Lipinski definition) is 3. The van der Waals surface area contributed by atoms with Crippen LogP contribution in [0.5, 0.6) is 5.75 Å². The molecule has 1 unspecified atom stereocenters. The van der Waals surface area contributed by atoms with Crippen LogP contribution in [0.3, 0.4) is 0 Å². The number of amides is 3. The Labute approximate surface area is 157 Å². The molecular weight excluding hydrogens is 380 g/mol. The fraction of sp³-hybridized carbons (Fsp3) is 0.263. The molecule has 2 aromatic carbocycles. The average molecular weight is 396 g/mol. The Balaban J connectivity index is 1.87. The molecule has 1 aliphatic heterocycles. The number of carbonyl (C=O) groups excluding carboxylic acids is 2. The standard InChI is InChI=1S/C19H16F4N2O3/c1-28-15-8-2-12(3-9-15)10-11-25-16(26)18(19(21,22)23,24-17(25)27)13-4-6-14(20)7-5-13/h2-9H,10-11H2,1H3,(H,24,27). The molecule has 1 saturated heterocycles. The van der Waals surface area contributed by atoms with Crippen LogP contribution >= 0.6 is 0 Å². The normalized spacial score (nSPS) is 19.7. The van der Waals surface area contributed by atoms with E-state index >= 15 is 0 Å². The van der Waals surface area contributed by atoms with E-state index in [0.29, 0.717) is 16.2 Å². The van der Waals surface area contributed by atoms with Crippen molar-refractivity contribution in [1.29, 1.82) is 0 Å². The zero-order valence-corrected chi connectivity index (χ0v) is 14.7. The van der Waals surface area contributed by atoms with Gasteiger partial charge in [-0.15, -0.1) is 0 Å². The monoisotopic (exact) mass is 396 g/mol. The number of halogens is 4. The van der Waals surface area contributed by atoms with Crippen molar-refractivity contribution in [3.05, 3.63) is 65.5 Å². The minimum atomic E-state index is -5.10. The summed E-state index contributed by atoms with van der Waals surface area (Å²) in [5.74, 6) is -1.59. The lowest BCUT2D eigenvalue weighted by atomic mass is 9.89. The zero-order valence-electron chi connectivity index (χ0n) is 14.7. The zero-order chi connectivity index (χ0) is 20.5. The molecule has 0 bridgehead atoms. The van der Waals surface area contributed by atoms with Crippen molar-refractivity contribution in [1.82, 2.24) is 10.2 Å². The van der Waals surface area contributed by atoms with Gasteiger partial charge >= 0.3 is 12.2 Å². The Bertz CT molecular complexity index is 882. The van der Waals surface area contributed by atoms with Crippen molar-refractivity contribution in [3.8, 4) is 5.75 Å². The summed E-state index contributed by atoms with van der Waals surface area (Å²) in [6.45, 7) is -0.240. The van der Waals surface area contributed by atoms with Crippen LogP contribution in [0.1, 0.15) is 11.1 Å². The van der Waals surface area contributed by atoms with Crippen LogP contribution in [-0.4, -0.2) is 36.7 Å². The largest absolute Gasteiger partial charge is 0.497 e. The van der Waals surface area contributed by atoms with E-state index in [1.54, 1.807) is 29.6 Å². The number of nitrogens with zero attached hydrogens (tertiary/aromatic N) is 1. The topological polar surface area (TPSA) is 58.6 Å². The van der Waals surface area contributed by atoms with E-state index in [0.717, 1.165) is 24.3 Å². The third-order valence-corrected chi connectivity index (χ3v) is 4.59. The third-order valence-electron chi connectivity index (χ3n) is 4.59. The molecule has 0 saturated carbocycles. The molecule has 1 aliphatic rings. The number of urea groups is 1. The number of benzene rings is 2. The second kappa shape index (κ2) is 7.14. The van der Waals surface area contributed by atoms with E-state index in [1.807, 2.05) is 0 Å². The highest BCUT2D eigenvalue weighted by Gasteiger charge is 2.68. The molecule has 9 heteroatoms. The lowest BCUT2D eigenvalue weighted by Crippen LogP contribution is -2.55. The molecular formula is C19H16F4N2O3. The summed E-state index contributed by atoms with van der Waals surface area (Å²) in [7, 11) is 1.49. The van der Waals surface area contributed by atoms with E-state index in [4.69, 9.17) is 4.74 Å². The van der Waals surface area contributed by atoms with Gasteiger partial charge in [0.05, 0.1) is 7.11 Å². The Morgan fingerprint density at radius 1 is 1.04 bits per heavy atom. The van der Waals surface area contributed by atoms with Gasteiger partial charge in [0.1, 0.15) is 11.6 Å². The van der Waals surface area contributed by atoms with Crippen LogP contribution in [0.25, 0.3) is 0 Å². The first-order valence-corrected chi connectivity index (χ1v) is 8.29. The van der Waals surface area contributed by atoms with E-state index < -0.39 is 35.0 Å². The quantitative estimate of drug-likeness (QED) is 0.623.